The third kappa shape index (κ3) is 2.79. The van der Waals surface area contributed by atoms with E-state index in [2.05, 4.69) is 12.2 Å². The standard InChI is InChI=1S/C17H23NO4/c1-2-3-9-19-17-14-13(18-14)15-12(21-17)10-20-16(22-15)11-7-5-4-6-8-11/h4-8,12-18H,2-3,9-10H2,1H3/t12-,13+,14-,15-,16+,17-/m1/s1. The summed E-state index contributed by atoms with van der Waals surface area (Å²) in [5.74, 6) is 0. The van der Waals surface area contributed by atoms with Crippen LogP contribution in [-0.4, -0.2) is 43.8 Å². The highest BCUT2D eigenvalue weighted by atomic mass is 16.7. The van der Waals surface area contributed by atoms with Gasteiger partial charge in [-0.15, -0.1) is 0 Å². The maximum absolute atomic E-state index is 6.14. The first kappa shape index (κ1) is 14.6. The third-order valence-electron chi connectivity index (χ3n) is 4.53. The van der Waals surface area contributed by atoms with Gasteiger partial charge in [0.15, 0.2) is 12.6 Å². The van der Waals surface area contributed by atoms with Crippen LogP contribution in [0.2, 0.25) is 0 Å². The molecule has 0 aromatic heterocycles. The van der Waals surface area contributed by atoms with Gasteiger partial charge in [-0.1, -0.05) is 43.7 Å². The van der Waals surface area contributed by atoms with E-state index in [0.717, 1.165) is 25.0 Å². The second-order valence-corrected chi connectivity index (χ2v) is 6.16. The van der Waals surface area contributed by atoms with E-state index in [0.29, 0.717) is 12.6 Å². The van der Waals surface area contributed by atoms with Gasteiger partial charge in [0.25, 0.3) is 0 Å². The molecule has 0 saturated carbocycles. The highest BCUT2D eigenvalue weighted by Crippen LogP contribution is 2.39. The number of fused-ring (bicyclic) bond motifs is 3. The van der Waals surface area contributed by atoms with Gasteiger partial charge in [0.05, 0.1) is 18.7 Å². The second kappa shape index (κ2) is 6.26. The van der Waals surface area contributed by atoms with E-state index >= 15 is 0 Å². The summed E-state index contributed by atoms with van der Waals surface area (Å²) in [6.07, 6.45) is 1.71. The molecule has 1 aromatic carbocycles. The Labute approximate surface area is 130 Å². The van der Waals surface area contributed by atoms with Crippen molar-refractivity contribution in [3.63, 3.8) is 0 Å². The smallest absolute Gasteiger partial charge is 0.184 e. The molecule has 4 rings (SSSR count). The van der Waals surface area contributed by atoms with Crippen LogP contribution in [0.15, 0.2) is 30.3 Å². The van der Waals surface area contributed by atoms with Gasteiger partial charge in [0.1, 0.15) is 12.2 Å². The van der Waals surface area contributed by atoms with E-state index in [-0.39, 0.29) is 30.8 Å². The van der Waals surface area contributed by atoms with Gasteiger partial charge in [-0.05, 0) is 6.42 Å². The summed E-state index contributed by atoms with van der Waals surface area (Å²) in [4.78, 5) is 0. The lowest BCUT2D eigenvalue weighted by molar-refractivity contribution is -0.307. The molecule has 0 unspecified atom stereocenters. The molecule has 0 aliphatic carbocycles. The normalized spacial score (nSPS) is 39.9. The number of hydrogen-bond donors (Lipinski definition) is 1. The zero-order valence-electron chi connectivity index (χ0n) is 12.8. The molecule has 5 heteroatoms. The topological polar surface area (TPSA) is 58.9 Å². The van der Waals surface area contributed by atoms with Crippen molar-refractivity contribution in [1.29, 1.82) is 0 Å². The Balaban J connectivity index is 1.38. The van der Waals surface area contributed by atoms with Crippen molar-refractivity contribution >= 4 is 0 Å². The average molecular weight is 305 g/mol. The van der Waals surface area contributed by atoms with Crippen LogP contribution in [0.4, 0.5) is 0 Å². The van der Waals surface area contributed by atoms with Crippen molar-refractivity contribution < 1.29 is 18.9 Å². The Morgan fingerprint density at radius 2 is 2.05 bits per heavy atom. The SMILES string of the molecule is CCCCO[C@@H]1O[C@@H]2CO[C@H](c3ccccc3)O[C@H]2[C@H]2N[C@@H]12. The molecule has 6 atom stereocenters. The lowest BCUT2D eigenvalue weighted by atomic mass is 10.0. The lowest BCUT2D eigenvalue weighted by Crippen LogP contribution is -2.52. The predicted molar refractivity (Wildman–Crippen MR) is 80.2 cm³/mol. The molecule has 5 nitrogen and oxygen atoms in total. The fourth-order valence-electron chi connectivity index (χ4n) is 3.22. The summed E-state index contributed by atoms with van der Waals surface area (Å²) in [7, 11) is 0. The minimum Gasteiger partial charge on any atom is -0.351 e. The summed E-state index contributed by atoms with van der Waals surface area (Å²) >= 11 is 0. The molecule has 0 radical (unpaired) electrons. The van der Waals surface area contributed by atoms with Crippen molar-refractivity contribution in [2.75, 3.05) is 13.2 Å². The number of rotatable bonds is 5. The maximum Gasteiger partial charge on any atom is 0.184 e. The molecule has 3 aliphatic rings. The minimum absolute atomic E-state index is 0.0370. The zero-order chi connectivity index (χ0) is 14.9. The van der Waals surface area contributed by atoms with E-state index < -0.39 is 0 Å². The quantitative estimate of drug-likeness (QED) is 0.666. The van der Waals surface area contributed by atoms with Gasteiger partial charge in [0.2, 0.25) is 0 Å². The molecule has 0 spiro atoms. The van der Waals surface area contributed by atoms with Crippen LogP contribution >= 0.6 is 0 Å². The Kier molecular flexibility index (Phi) is 4.15. The Hall–Kier alpha value is -0.980. The first-order chi connectivity index (χ1) is 10.9. The van der Waals surface area contributed by atoms with E-state index in [1.54, 1.807) is 0 Å². The summed E-state index contributed by atoms with van der Waals surface area (Å²) in [6.45, 7) is 3.45. The number of benzene rings is 1. The number of unbranched alkanes of at least 4 members (excludes halogenated alkanes) is 1. The van der Waals surface area contributed by atoms with Crippen molar-refractivity contribution in [2.24, 2.45) is 0 Å². The first-order valence-electron chi connectivity index (χ1n) is 8.22. The molecule has 120 valence electrons. The largest absolute Gasteiger partial charge is 0.351 e. The van der Waals surface area contributed by atoms with E-state index in [9.17, 15) is 0 Å². The highest BCUT2D eigenvalue weighted by Gasteiger charge is 2.58. The molecule has 22 heavy (non-hydrogen) atoms. The molecular formula is C17H23NO4. The van der Waals surface area contributed by atoms with Gasteiger partial charge < -0.3 is 24.3 Å². The number of nitrogens with one attached hydrogen (secondary N) is 1. The molecule has 3 fully saturated rings. The highest BCUT2D eigenvalue weighted by molar-refractivity contribution is 5.18. The van der Waals surface area contributed by atoms with Crippen LogP contribution in [0.5, 0.6) is 0 Å². The van der Waals surface area contributed by atoms with Crippen molar-refractivity contribution in [1.82, 2.24) is 5.32 Å². The summed E-state index contributed by atoms with van der Waals surface area (Å²) < 4.78 is 23.9. The zero-order valence-corrected chi connectivity index (χ0v) is 12.8. The van der Waals surface area contributed by atoms with Crippen molar-refractivity contribution in [3.8, 4) is 0 Å². The van der Waals surface area contributed by atoms with Crippen LogP contribution in [0.1, 0.15) is 31.6 Å². The lowest BCUT2D eigenvalue weighted by Gasteiger charge is -2.40. The van der Waals surface area contributed by atoms with Crippen LogP contribution in [-0.2, 0) is 18.9 Å². The van der Waals surface area contributed by atoms with Crippen molar-refractivity contribution in [2.45, 2.75) is 56.6 Å². The van der Waals surface area contributed by atoms with Gasteiger partial charge in [-0.3, -0.25) is 0 Å². The van der Waals surface area contributed by atoms with Crippen LogP contribution in [0.3, 0.4) is 0 Å². The van der Waals surface area contributed by atoms with Gasteiger partial charge in [0, 0.05) is 12.2 Å². The van der Waals surface area contributed by atoms with Gasteiger partial charge in [-0.2, -0.15) is 0 Å². The molecule has 0 bridgehead atoms. The fourth-order valence-corrected chi connectivity index (χ4v) is 3.22. The molecular weight excluding hydrogens is 282 g/mol. The van der Waals surface area contributed by atoms with Crippen LogP contribution < -0.4 is 5.32 Å². The molecule has 3 heterocycles. The van der Waals surface area contributed by atoms with E-state index in [1.165, 1.54) is 0 Å². The Morgan fingerprint density at radius 3 is 2.86 bits per heavy atom. The average Bonchev–Trinajstić information content (AvgIpc) is 3.37. The van der Waals surface area contributed by atoms with Crippen LogP contribution in [0.25, 0.3) is 0 Å². The van der Waals surface area contributed by atoms with Crippen molar-refractivity contribution in [3.05, 3.63) is 35.9 Å². The first-order valence-corrected chi connectivity index (χ1v) is 8.22. The predicted octanol–water partition coefficient (Wildman–Crippen LogP) is 1.98. The number of hydrogen-bond acceptors (Lipinski definition) is 5. The molecule has 3 aliphatic heterocycles. The fraction of sp³-hybridized carbons (Fsp3) is 0.647. The van der Waals surface area contributed by atoms with E-state index in [1.807, 2.05) is 30.3 Å². The number of ether oxygens (including phenoxy) is 4. The summed E-state index contributed by atoms with van der Waals surface area (Å²) in [5.41, 5.74) is 1.06. The van der Waals surface area contributed by atoms with Crippen LogP contribution in [0, 0.1) is 0 Å². The van der Waals surface area contributed by atoms with E-state index in [4.69, 9.17) is 18.9 Å². The second-order valence-electron chi connectivity index (χ2n) is 6.16. The molecule has 0 amide bonds. The Morgan fingerprint density at radius 1 is 1.18 bits per heavy atom. The summed E-state index contributed by atoms with van der Waals surface area (Å²) in [6, 6.07) is 10.6. The van der Waals surface area contributed by atoms with Gasteiger partial charge in [-0.25, -0.2) is 0 Å². The third-order valence-corrected chi connectivity index (χ3v) is 4.53. The molecule has 1 aromatic rings. The maximum atomic E-state index is 6.14. The minimum atomic E-state index is -0.299. The molecule has 1 N–H and O–H groups in total. The molecule has 3 saturated heterocycles. The Bertz CT molecular complexity index is 497. The summed E-state index contributed by atoms with van der Waals surface area (Å²) in [5, 5.41) is 3.45. The van der Waals surface area contributed by atoms with Gasteiger partial charge >= 0.3 is 0 Å². The monoisotopic (exact) mass is 305 g/mol.